The largest absolute Gasteiger partial charge is 0.472 e. The summed E-state index contributed by atoms with van der Waals surface area (Å²) in [5, 5.41) is 4.39. The van der Waals surface area contributed by atoms with Gasteiger partial charge in [-0.1, -0.05) is 23.5 Å². The Morgan fingerprint density at radius 1 is 1.10 bits per heavy atom. The molecule has 1 saturated carbocycles. The number of hydrogen-bond donors (Lipinski definition) is 1. The molecule has 2 aromatic heterocycles. The van der Waals surface area contributed by atoms with Crippen molar-refractivity contribution in [3.63, 3.8) is 0 Å². The Balaban J connectivity index is 1.18. The first-order valence-corrected chi connectivity index (χ1v) is 10.6. The number of halogens is 2. The van der Waals surface area contributed by atoms with E-state index in [2.05, 4.69) is 26.3 Å². The molecule has 1 saturated heterocycles. The topological polar surface area (TPSA) is 63.2 Å². The Morgan fingerprint density at radius 3 is 2.66 bits per heavy atom. The van der Waals surface area contributed by atoms with E-state index in [0.717, 1.165) is 23.5 Å². The number of ether oxygens (including phenoxy) is 1. The molecule has 0 spiro atoms. The van der Waals surface area contributed by atoms with Crippen LogP contribution in [0, 0.1) is 0 Å². The number of thiazole rings is 1. The first-order valence-electron chi connectivity index (χ1n) is 9.78. The monoisotopic (exact) mass is 417 g/mol. The SMILES string of the molecule is FC1(F)CCN(c2nccnc2OC2CC(Nc3nc4ccccc4s3)C2)CC1. The van der Waals surface area contributed by atoms with Gasteiger partial charge in [-0.15, -0.1) is 0 Å². The van der Waals surface area contributed by atoms with Crippen LogP contribution in [0.2, 0.25) is 0 Å². The summed E-state index contributed by atoms with van der Waals surface area (Å²) in [5.41, 5.74) is 1.00. The van der Waals surface area contributed by atoms with Gasteiger partial charge in [0.15, 0.2) is 10.9 Å². The first kappa shape index (κ1) is 18.5. The van der Waals surface area contributed by atoms with Crippen molar-refractivity contribution in [2.45, 2.75) is 43.8 Å². The summed E-state index contributed by atoms with van der Waals surface area (Å²) in [4.78, 5) is 15.1. The van der Waals surface area contributed by atoms with Gasteiger partial charge in [0.25, 0.3) is 11.8 Å². The fraction of sp³-hybridized carbons (Fsp3) is 0.450. The quantitative estimate of drug-likeness (QED) is 0.666. The van der Waals surface area contributed by atoms with Crippen LogP contribution in [0.1, 0.15) is 25.7 Å². The van der Waals surface area contributed by atoms with Crippen molar-refractivity contribution in [3.05, 3.63) is 36.7 Å². The van der Waals surface area contributed by atoms with E-state index in [1.165, 1.54) is 4.70 Å². The van der Waals surface area contributed by atoms with Gasteiger partial charge < -0.3 is 15.0 Å². The maximum Gasteiger partial charge on any atom is 0.257 e. The van der Waals surface area contributed by atoms with Crippen molar-refractivity contribution in [1.82, 2.24) is 15.0 Å². The summed E-state index contributed by atoms with van der Waals surface area (Å²) in [6.45, 7) is 0.517. The highest BCUT2D eigenvalue weighted by Gasteiger charge is 2.37. The van der Waals surface area contributed by atoms with Crippen LogP contribution in [0.25, 0.3) is 10.2 Å². The standard InChI is InChI=1S/C20H21F2N5OS/c21-20(22)5-9-27(10-6-20)17-18(24-8-7-23-17)28-14-11-13(12-14)25-19-26-15-3-1-2-4-16(15)29-19/h1-4,7-8,13-14H,5-6,9-12H2,(H,25,26). The van der Waals surface area contributed by atoms with Gasteiger partial charge in [0, 0.05) is 57.2 Å². The molecule has 29 heavy (non-hydrogen) atoms. The van der Waals surface area contributed by atoms with Crippen molar-refractivity contribution in [2.75, 3.05) is 23.3 Å². The molecule has 0 amide bonds. The molecule has 2 aliphatic rings. The van der Waals surface area contributed by atoms with E-state index in [1.807, 2.05) is 23.1 Å². The summed E-state index contributed by atoms with van der Waals surface area (Å²) in [5.74, 6) is -1.60. The molecule has 1 aliphatic carbocycles. The maximum absolute atomic E-state index is 13.5. The van der Waals surface area contributed by atoms with Crippen LogP contribution in [0.15, 0.2) is 36.7 Å². The lowest BCUT2D eigenvalue weighted by molar-refractivity contribution is -0.0223. The zero-order valence-corrected chi connectivity index (χ0v) is 16.5. The molecule has 0 atom stereocenters. The second kappa shape index (κ2) is 7.37. The highest BCUT2D eigenvalue weighted by molar-refractivity contribution is 7.22. The van der Waals surface area contributed by atoms with Crippen LogP contribution in [-0.4, -0.2) is 46.1 Å². The minimum atomic E-state index is -2.59. The second-order valence-electron chi connectivity index (χ2n) is 7.57. The summed E-state index contributed by atoms with van der Waals surface area (Å²) in [6, 6.07) is 8.38. The number of nitrogens with zero attached hydrogens (tertiary/aromatic N) is 4. The highest BCUT2D eigenvalue weighted by atomic mass is 32.1. The zero-order valence-electron chi connectivity index (χ0n) is 15.7. The molecule has 9 heteroatoms. The fourth-order valence-electron chi connectivity index (χ4n) is 3.71. The molecule has 1 aromatic carbocycles. The van der Waals surface area contributed by atoms with Crippen LogP contribution in [0.4, 0.5) is 19.7 Å². The molecule has 1 N–H and O–H groups in total. The van der Waals surface area contributed by atoms with E-state index < -0.39 is 5.92 Å². The highest BCUT2D eigenvalue weighted by Crippen LogP contribution is 2.36. The fourth-order valence-corrected chi connectivity index (χ4v) is 4.65. The number of anilines is 2. The molecule has 2 fully saturated rings. The van der Waals surface area contributed by atoms with Crippen LogP contribution < -0.4 is 15.0 Å². The van der Waals surface area contributed by atoms with Crippen molar-refractivity contribution >= 4 is 32.5 Å². The number of nitrogens with one attached hydrogen (secondary N) is 1. The molecule has 5 rings (SSSR count). The van der Waals surface area contributed by atoms with Crippen LogP contribution in [0.5, 0.6) is 5.88 Å². The average Bonchev–Trinajstić information content (AvgIpc) is 3.09. The van der Waals surface area contributed by atoms with Gasteiger partial charge in [-0.2, -0.15) is 0 Å². The Morgan fingerprint density at radius 2 is 1.86 bits per heavy atom. The Bertz CT molecular complexity index is 964. The Labute approximate surface area is 170 Å². The lowest BCUT2D eigenvalue weighted by atomic mass is 9.89. The van der Waals surface area contributed by atoms with Gasteiger partial charge in [0.2, 0.25) is 0 Å². The second-order valence-corrected chi connectivity index (χ2v) is 8.60. The van der Waals surface area contributed by atoms with Crippen LogP contribution in [-0.2, 0) is 0 Å². The number of piperidine rings is 1. The third kappa shape index (κ3) is 3.96. The molecule has 152 valence electrons. The van der Waals surface area contributed by atoms with E-state index >= 15 is 0 Å². The van der Waals surface area contributed by atoms with Crippen molar-refractivity contribution in [3.8, 4) is 5.88 Å². The van der Waals surface area contributed by atoms with Crippen LogP contribution >= 0.6 is 11.3 Å². The molecule has 3 heterocycles. The molecule has 6 nitrogen and oxygen atoms in total. The minimum absolute atomic E-state index is 0.0311. The van der Waals surface area contributed by atoms with Gasteiger partial charge in [0.05, 0.1) is 10.2 Å². The zero-order chi connectivity index (χ0) is 19.8. The van der Waals surface area contributed by atoms with Crippen molar-refractivity contribution < 1.29 is 13.5 Å². The van der Waals surface area contributed by atoms with Crippen molar-refractivity contribution in [1.29, 1.82) is 0 Å². The number of fused-ring (bicyclic) bond motifs is 1. The Hall–Kier alpha value is -2.55. The number of rotatable bonds is 5. The smallest absolute Gasteiger partial charge is 0.257 e. The van der Waals surface area contributed by atoms with Crippen molar-refractivity contribution in [2.24, 2.45) is 0 Å². The van der Waals surface area contributed by atoms with Crippen LogP contribution in [0.3, 0.4) is 0 Å². The minimum Gasteiger partial charge on any atom is -0.472 e. The van der Waals surface area contributed by atoms with Gasteiger partial charge in [0.1, 0.15) is 6.10 Å². The molecule has 1 aliphatic heterocycles. The first-order chi connectivity index (χ1) is 14.1. The molecule has 0 radical (unpaired) electrons. The van der Waals surface area contributed by atoms with Gasteiger partial charge in [-0.3, -0.25) is 0 Å². The number of benzene rings is 1. The van der Waals surface area contributed by atoms with Gasteiger partial charge >= 0.3 is 0 Å². The Kier molecular flexibility index (Phi) is 4.69. The van der Waals surface area contributed by atoms with E-state index in [1.54, 1.807) is 23.7 Å². The number of aromatic nitrogens is 3. The summed E-state index contributed by atoms with van der Waals surface area (Å²) >= 11 is 1.65. The third-order valence-corrected chi connectivity index (χ3v) is 6.40. The van der Waals surface area contributed by atoms with Gasteiger partial charge in [-0.05, 0) is 12.1 Å². The molecular formula is C20H21F2N5OS. The summed E-state index contributed by atoms with van der Waals surface area (Å²) in [7, 11) is 0. The lowest BCUT2D eigenvalue weighted by Gasteiger charge is -2.37. The van der Waals surface area contributed by atoms with E-state index in [4.69, 9.17) is 4.74 Å². The molecule has 3 aromatic rings. The van der Waals surface area contributed by atoms with Gasteiger partial charge in [-0.25, -0.2) is 23.7 Å². The van der Waals surface area contributed by atoms with E-state index in [9.17, 15) is 8.78 Å². The number of alkyl halides is 2. The summed E-state index contributed by atoms with van der Waals surface area (Å²) in [6.07, 6.45) is 4.53. The molecule has 0 unspecified atom stereocenters. The number of para-hydroxylation sites is 1. The number of hydrogen-bond acceptors (Lipinski definition) is 7. The van der Waals surface area contributed by atoms with E-state index in [-0.39, 0.29) is 32.0 Å². The average molecular weight is 417 g/mol. The lowest BCUT2D eigenvalue weighted by Crippen LogP contribution is -2.43. The molecule has 0 bridgehead atoms. The normalized spacial score (nSPS) is 23.6. The summed E-state index contributed by atoms with van der Waals surface area (Å²) < 4.78 is 34.1. The third-order valence-electron chi connectivity index (χ3n) is 5.44. The maximum atomic E-state index is 13.5. The molecular weight excluding hydrogens is 396 g/mol. The predicted molar refractivity (Wildman–Crippen MR) is 109 cm³/mol. The predicted octanol–water partition coefficient (Wildman–Crippen LogP) is 4.34. The van der Waals surface area contributed by atoms with E-state index in [0.29, 0.717) is 17.7 Å².